The van der Waals surface area contributed by atoms with Gasteiger partial charge in [0.1, 0.15) is 6.10 Å². The predicted octanol–water partition coefficient (Wildman–Crippen LogP) is 2.11. The maximum Gasteiger partial charge on any atom is 0.163 e. The molecular weight excluding hydrogens is 250 g/mol. The molecular formula is C9H12BrNO3. The van der Waals surface area contributed by atoms with Crippen LogP contribution in [0.3, 0.4) is 0 Å². The maximum absolute atomic E-state index is 9.73. The lowest BCUT2D eigenvalue weighted by Crippen LogP contribution is -2.06. The zero-order valence-electron chi connectivity index (χ0n) is 7.95. The van der Waals surface area contributed by atoms with E-state index in [1.807, 2.05) is 0 Å². The Morgan fingerprint density at radius 2 is 2.14 bits per heavy atom. The minimum Gasteiger partial charge on any atom is -0.504 e. The molecule has 0 aliphatic carbocycles. The number of phenolic OH excluding ortho intramolecular Hbond substituents is 1. The normalized spacial score (nSPS) is 12.6. The number of hydrogen-bond donors (Lipinski definition) is 2. The van der Waals surface area contributed by atoms with Gasteiger partial charge in [0.2, 0.25) is 0 Å². The number of phenols is 1. The Kier molecular flexibility index (Phi) is 3.74. The fourth-order valence-corrected chi connectivity index (χ4v) is 1.59. The van der Waals surface area contributed by atoms with Crippen LogP contribution in [0, 0.1) is 0 Å². The van der Waals surface area contributed by atoms with Crippen molar-refractivity contribution in [1.82, 2.24) is 0 Å². The summed E-state index contributed by atoms with van der Waals surface area (Å²) in [5.74, 6) is 5.48. The van der Waals surface area contributed by atoms with Crippen LogP contribution in [0.1, 0.15) is 18.6 Å². The topological polar surface area (TPSA) is 64.7 Å². The van der Waals surface area contributed by atoms with Gasteiger partial charge < -0.3 is 9.84 Å². The van der Waals surface area contributed by atoms with E-state index in [4.69, 9.17) is 10.6 Å². The van der Waals surface area contributed by atoms with Crippen LogP contribution in [0.15, 0.2) is 16.6 Å². The van der Waals surface area contributed by atoms with Crippen molar-refractivity contribution < 1.29 is 14.7 Å². The summed E-state index contributed by atoms with van der Waals surface area (Å²) in [6, 6.07) is 3.40. The molecule has 3 N–H and O–H groups in total. The molecule has 0 heterocycles. The van der Waals surface area contributed by atoms with Crippen LogP contribution in [-0.4, -0.2) is 12.2 Å². The molecule has 1 aromatic rings. The van der Waals surface area contributed by atoms with Crippen molar-refractivity contribution in [3.05, 3.63) is 22.2 Å². The molecule has 0 fully saturated rings. The van der Waals surface area contributed by atoms with Crippen molar-refractivity contribution in [3.8, 4) is 11.5 Å². The number of methoxy groups -OCH3 is 1. The van der Waals surface area contributed by atoms with E-state index >= 15 is 0 Å². The number of rotatable bonds is 3. The van der Waals surface area contributed by atoms with Gasteiger partial charge in [-0.2, -0.15) is 0 Å². The molecule has 0 aliphatic rings. The Morgan fingerprint density at radius 3 is 2.64 bits per heavy atom. The van der Waals surface area contributed by atoms with Crippen molar-refractivity contribution in [2.75, 3.05) is 7.11 Å². The van der Waals surface area contributed by atoms with Crippen molar-refractivity contribution in [1.29, 1.82) is 0 Å². The summed E-state index contributed by atoms with van der Waals surface area (Å²) in [6.45, 7) is 1.74. The van der Waals surface area contributed by atoms with Gasteiger partial charge in [0.15, 0.2) is 11.5 Å². The van der Waals surface area contributed by atoms with Gasteiger partial charge >= 0.3 is 0 Å². The first-order valence-electron chi connectivity index (χ1n) is 4.02. The monoisotopic (exact) mass is 261 g/mol. The first-order valence-corrected chi connectivity index (χ1v) is 4.81. The molecule has 14 heavy (non-hydrogen) atoms. The third-order valence-corrected chi connectivity index (χ3v) is 2.39. The zero-order chi connectivity index (χ0) is 10.7. The van der Waals surface area contributed by atoms with E-state index in [0.29, 0.717) is 11.3 Å². The standard InChI is InChI=1S/C9H12BrNO3/c1-5(14-11)7-3-6(10)4-8(13-2)9(7)12/h3-5,12H,11H2,1-2H3. The van der Waals surface area contributed by atoms with Gasteiger partial charge in [-0.15, -0.1) is 0 Å². The molecule has 4 nitrogen and oxygen atoms in total. The molecule has 0 aliphatic heterocycles. The molecule has 1 unspecified atom stereocenters. The molecule has 0 amide bonds. The minimum atomic E-state index is -0.388. The second-order valence-electron chi connectivity index (χ2n) is 2.82. The molecule has 0 saturated heterocycles. The molecule has 1 atom stereocenters. The number of nitrogens with two attached hydrogens (primary N) is 1. The van der Waals surface area contributed by atoms with Crippen LogP contribution >= 0.6 is 15.9 Å². The van der Waals surface area contributed by atoms with Crippen LogP contribution in [-0.2, 0) is 4.84 Å². The number of benzene rings is 1. The van der Waals surface area contributed by atoms with E-state index in [2.05, 4.69) is 20.8 Å². The molecule has 1 rings (SSSR count). The zero-order valence-corrected chi connectivity index (χ0v) is 9.54. The second kappa shape index (κ2) is 4.63. The number of halogens is 1. The van der Waals surface area contributed by atoms with Crippen molar-refractivity contribution in [2.45, 2.75) is 13.0 Å². The third-order valence-electron chi connectivity index (χ3n) is 1.93. The summed E-state index contributed by atoms with van der Waals surface area (Å²) in [7, 11) is 1.49. The minimum absolute atomic E-state index is 0.0497. The van der Waals surface area contributed by atoms with Crippen LogP contribution in [0.5, 0.6) is 11.5 Å². The average molecular weight is 262 g/mol. The highest BCUT2D eigenvalue weighted by atomic mass is 79.9. The van der Waals surface area contributed by atoms with E-state index < -0.39 is 0 Å². The van der Waals surface area contributed by atoms with Crippen molar-refractivity contribution in [3.63, 3.8) is 0 Å². The lowest BCUT2D eigenvalue weighted by atomic mass is 10.1. The Morgan fingerprint density at radius 1 is 1.50 bits per heavy atom. The Bertz CT molecular complexity index is 330. The van der Waals surface area contributed by atoms with Crippen LogP contribution in [0.25, 0.3) is 0 Å². The highest BCUT2D eigenvalue weighted by Crippen LogP contribution is 2.37. The molecule has 5 heteroatoms. The molecule has 1 aromatic carbocycles. The van der Waals surface area contributed by atoms with E-state index in [9.17, 15) is 5.11 Å². The summed E-state index contributed by atoms with van der Waals surface area (Å²) in [4.78, 5) is 4.64. The third kappa shape index (κ3) is 2.17. The fourth-order valence-electron chi connectivity index (χ4n) is 1.13. The van der Waals surface area contributed by atoms with Crippen molar-refractivity contribution >= 4 is 15.9 Å². The van der Waals surface area contributed by atoms with Gasteiger partial charge in [-0.25, -0.2) is 5.90 Å². The lowest BCUT2D eigenvalue weighted by molar-refractivity contribution is 0.0643. The Balaban J connectivity index is 3.21. The Labute approximate surface area is 90.7 Å². The summed E-state index contributed by atoms with van der Waals surface area (Å²) >= 11 is 3.30. The molecule has 0 radical (unpaired) electrons. The smallest absolute Gasteiger partial charge is 0.163 e. The van der Waals surface area contributed by atoms with Crippen LogP contribution in [0.2, 0.25) is 0 Å². The largest absolute Gasteiger partial charge is 0.504 e. The molecule has 0 saturated carbocycles. The summed E-state index contributed by atoms with van der Waals surface area (Å²) in [6.07, 6.45) is -0.388. The number of ether oxygens (including phenoxy) is 1. The average Bonchev–Trinajstić information content (AvgIpc) is 2.19. The molecule has 78 valence electrons. The first-order chi connectivity index (χ1) is 6.60. The number of aromatic hydroxyl groups is 1. The van der Waals surface area contributed by atoms with E-state index in [-0.39, 0.29) is 11.9 Å². The SMILES string of the molecule is COc1cc(Br)cc(C(C)ON)c1O. The van der Waals surface area contributed by atoms with Crippen LogP contribution in [0.4, 0.5) is 0 Å². The second-order valence-corrected chi connectivity index (χ2v) is 3.74. The molecule has 0 bridgehead atoms. The van der Waals surface area contributed by atoms with Gasteiger partial charge in [-0.1, -0.05) is 15.9 Å². The molecule has 0 spiro atoms. The number of hydrogen-bond acceptors (Lipinski definition) is 4. The van der Waals surface area contributed by atoms with Gasteiger partial charge in [-0.05, 0) is 19.1 Å². The van der Waals surface area contributed by atoms with Gasteiger partial charge in [-0.3, -0.25) is 4.84 Å². The Hall–Kier alpha value is -0.780. The fraction of sp³-hybridized carbons (Fsp3) is 0.333. The summed E-state index contributed by atoms with van der Waals surface area (Å²) in [5, 5.41) is 9.73. The van der Waals surface area contributed by atoms with Gasteiger partial charge in [0, 0.05) is 10.0 Å². The van der Waals surface area contributed by atoms with E-state index in [1.165, 1.54) is 7.11 Å². The summed E-state index contributed by atoms with van der Waals surface area (Å²) in [5.41, 5.74) is 0.582. The van der Waals surface area contributed by atoms with Gasteiger partial charge in [0.05, 0.1) is 7.11 Å². The quantitative estimate of drug-likeness (QED) is 0.819. The van der Waals surface area contributed by atoms with Crippen molar-refractivity contribution in [2.24, 2.45) is 5.90 Å². The van der Waals surface area contributed by atoms with E-state index in [0.717, 1.165) is 4.47 Å². The highest BCUT2D eigenvalue weighted by molar-refractivity contribution is 9.10. The first kappa shape index (κ1) is 11.3. The van der Waals surface area contributed by atoms with Gasteiger partial charge in [0.25, 0.3) is 0 Å². The maximum atomic E-state index is 9.73. The highest BCUT2D eigenvalue weighted by Gasteiger charge is 2.15. The molecule has 0 aromatic heterocycles. The van der Waals surface area contributed by atoms with Crippen LogP contribution < -0.4 is 10.6 Å². The summed E-state index contributed by atoms with van der Waals surface area (Å²) < 4.78 is 5.78. The predicted molar refractivity (Wildman–Crippen MR) is 56.0 cm³/mol. The lowest BCUT2D eigenvalue weighted by Gasteiger charge is -2.14. The van der Waals surface area contributed by atoms with E-state index in [1.54, 1.807) is 19.1 Å².